The number of carbonyl (C=O) groups is 1. The molecule has 0 aliphatic carbocycles. The Morgan fingerprint density at radius 3 is 2.74 bits per heavy atom. The van der Waals surface area contributed by atoms with Crippen LogP contribution in [0.5, 0.6) is 0 Å². The number of carbonyl (C=O) groups excluding carboxylic acids is 1. The summed E-state index contributed by atoms with van der Waals surface area (Å²) in [4.78, 5) is 14.5. The predicted molar refractivity (Wildman–Crippen MR) is 73.0 cm³/mol. The van der Waals surface area contributed by atoms with E-state index >= 15 is 0 Å². The standard InChI is InChI=1S/C15H20N2O2/c16-7-6-11-2-1-3-12(8-11)15(18)17-9-13-4-5-14(10-17)19-13/h1-3,8,13-14H,4-7,9-10,16H2. The molecule has 2 saturated heterocycles. The van der Waals surface area contributed by atoms with Gasteiger partial charge in [0.05, 0.1) is 12.2 Å². The van der Waals surface area contributed by atoms with Crippen LogP contribution in [0.1, 0.15) is 28.8 Å². The summed E-state index contributed by atoms with van der Waals surface area (Å²) in [5.41, 5.74) is 7.46. The van der Waals surface area contributed by atoms with Gasteiger partial charge in [-0.25, -0.2) is 0 Å². The lowest BCUT2D eigenvalue weighted by molar-refractivity contribution is -0.0303. The van der Waals surface area contributed by atoms with Gasteiger partial charge in [0, 0.05) is 18.7 Å². The van der Waals surface area contributed by atoms with Crippen molar-refractivity contribution >= 4 is 5.91 Å². The second-order valence-corrected chi connectivity index (χ2v) is 5.41. The minimum atomic E-state index is 0.124. The first kappa shape index (κ1) is 12.6. The van der Waals surface area contributed by atoms with Gasteiger partial charge in [0.25, 0.3) is 5.91 Å². The second-order valence-electron chi connectivity index (χ2n) is 5.41. The number of nitrogens with two attached hydrogens (primary N) is 1. The summed E-state index contributed by atoms with van der Waals surface area (Å²) in [6.45, 7) is 2.08. The molecule has 1 aromatic carbocycles. The Kier molecular flexibility index (Phi) is 3.53. The second kappa shape index (κ2) is 5.31. The smallest absolute Gasteiger partial charge is 0.254 e. The Morgan fingerprint density at radius 1 is 1.32 bits per heavy atom. The molecule has 3 rings (SSSR count). The van der Waals surface area contributed by atoms with Gasteiger partial charge in [0.1, 0.15) is 0 Å². The van der Waals surface area contributed by atoms with E-state index in [-0.39, 0.29) is 18.1 Å². The number of hydrogen-bond donors (Lipinski definition) is 1. The number of ether oxygens (including phenoxy) is 1. The zero-order valence-corrected chi connectivity index (χ0v) is 11.0. The molecule has 1 aromatic rings. The molecule has 4 heteroatoms. The number of nitrogens with zero attached hydrogens (tertiary/aromatic N) is 1. The monoisotopic (exact) mass is 260 g/mol. The Bertz CT molecular complexity index is 463. The Balaban J connectivity index is 1.74. The van der Waals surface area contributed by atoms with E-state index in [1.54, 1.807) is 0 Å². The van der Waals surface area contributed by atoms with Crippen LogP contribution in [0.15, 0.2) is 24.3 Å². The Hall–Kier alpha value is -1.39. The number of fused-ring (bicyclic) bond motifs is 2. The van der Waals surface area contributed by atoms with Crippen LogP contribution in [-0.4, -0.2) is 42.6 Å². The summed E-state index contributed by atoms with van der Waals surface area (Å²) >= 11 is 0. The van der Waals surface area contributed by atoms with Crippen LogP contribution in [-0.2, 0) is 11.2 Å². The van der Waals surface area contributed by atoms with Gasteiger partial charge in [0.15, 0.2) is 0 Å². The van der Waals surface area contributed by atoms with Crippen molar-refractivity contribution in [3.63, 3.8) is 0 Å². The number of amides is 1. The van der Waals surface area contributed by atoms with Gasteiger partial charge in [-0.2, -0.15) is 0 Å². The molecule has 19 heavy (non-hydrogen) atoms. The highest BCUT2D eigenvalue weighted by atomic mass is 16.5. The van der Waals surface area contributed by atoms with Gasteiger partial charge in [0.2, 0.25) is 0 Å². The number of hydrogen-bond acceptors (Lipinski definition) is 3. The summed E-state index contributed by atoms with van der Waals surface area (Å²) in [7, 11) is 0. The third-order valence-corrected chi connectivity index (χ3v) is 3.94. The highest BCUT2D eigenvalue weighted by Gasteiger charge is 2.35. The van der Waals surface area contributed by atoms with Gasteiger partial charge < -0.3 is 15.4 Å². The maximum Gasteiger partial charge on any atom is 0.254 e. The summed E-state index contributed by atoms with van der Waals surface area (Å²) in [6.07, 6.45) is 3.48. The average molecular weight is 260 g/mol. The fourth-order valence-electron chi connectivity index (χ4n) is 2.99. The van der Waals surface area contributed by atoms with Gasteiger partial charge in [-0.05, 0) is 43.5 Å². The first-order valence-corrected chi connectivity index (χ1v) is 7.00. The number of morpholine rings is 1. The fourth-order valence-corrected chi connectivity index (χ4v) is 2.99. The number of benzene rings is 1. The van der Waals surface area contributed by atoms with Crippen molar-refractivity contribution in [2.24, 2.45) is 5.73 Å². The molecular weight excluding hydrogens is 240 g/mol. The molecule has 4 nitrogen and oxygen atoms in total. The lowest BCUT2D eigenvalue weighted by atomic mass is 10.1. The summed E-state index contributed by atoms with van der Waals surface area (Å²) in [6, 6.07) is 7.81. The third kappa shape index (κ3) is 2.65. The zero-order valence-electron chi connectivity index (χ0n) is 11.0. The van der Waals surface area contributed by atoms with E-state index in [0.717, 1.165) is 43.5 Å². The van der Waals surface area contributed by atoms with Crippen molar-refractivity contribution < 1.29 is 9.53 Å². The van der Waals surface area contributed by atoms with Crippen molar-refractivity contribution in [2.75, 3.05) is 19.6 Å². The summed E-state index contributed by atoms with van der Waals surface area (Å²) < 4.78 is 5.77. The molecule has 0 saturated carbocycles. The quantitative estimate of drug-likeness (QED) is 0.888. The van der Waals surface area contributed by atoms with Crippen molar-refractivity contribution in [2.45, 2.75) is 31.5 Å². The molecule has 2 heterocycles. The SMILES string of the molecule is NCCc1cccc(C(=O)N2CC3CCC(C2)O3)c1. The van der Waals surface area contributed by atoms with E-state index in [0.29, 0.717) is 6.54 Å². The average Bonchev–Trinajstić information content (AvgIpc) is 2.77. The summed E-state index contributed by atoms with van der Waals surface area (Å²) in [5.74, 6) is 0.124. The topological polar surface area (TPSA) is 55.6 Å². The molecular formula is C15H20N2O2. The largest absolute Gasteiger partial charge is 0.371 e. The molecule has 2 aliphatic rings. The molecule has 2 atom stereocenters. The van der Waals surface area contributed by atoms with E-state index < -0.39 is 0 Å². The molecule has 2 unspecified atom stereocenters. The summed E-state index contributed by atoms with van der Waals surface area (Å²) in [5, 5.41) is 0. The van der Waals surface area contributed by atoms with Crippen molar-refractivity contribution in [1.29, 1.82) is 0 Å². The normalized spacial score (nSPS) is 25.6. The third-order valence-electron chi connectivity index (χ3n) is 3.94. The van der Waals surface area contributed by atoms with Crippen molar-refractivity contribution in [3.05, 3.63) is 35.4 Å². The van der Waals surface area contributed by atoms with Crippen LogP contribution >= 0.6 is 0 Å². The van der Waals surface area contributed by atoms with Gasteiger partial charge in [-0.3, -0.25) is 4.79 Å². The molecule has 1 amide bonds. The molecule has 2 fully saturated rings. The lowest BCUT2D eigenvalue weighted by Gasteiger charge is -2.32. The molecule has 0 aromatic heterocycles. The predicted octanol–water partition coefficient (Wildman–Crippen LogP) is 1.19. The molecule has 0 spiro atoms. The van der Waals surface area contributed by atoms with Crippen LogP contribution in [0.25, 0.3) is 0 Å². The maximum atomic E-state index is 12.5. The van der Waals surface area contributed by atoms with Crippen LogP contribution in [0.4, 0.5) is 0 Å². The molecule has 2 N–H and O–H groups in total. The fraction of sp³-hybridized carbons (Fsp3) is 0.533. The van der Waals surface area contributed by atoms with Crippen LogP contribution in [0.3, 0.4) is 0 Å². The number of likely N-dealkylation sites (tertiary alicyclic amines) is 1. The Labute approximate surface area is 113 Å². The minimum Gasteiger partial charge on any atom is -0.371 e. The number of rotatable bonds is 3. The molecule has 102 valence electrons. The van der Waals surface area contributed by atoms with E-state index in [4.69, 9.17) is 10.5 Å². The van der Waals surface area contributed by atoms with Gasteiger partial charge in [-0.1, -0.05) is 12.1 Å². The van der Waals surface area contributed by atoms with E-state index in [1.807, 2.05) is 29.2 Å². The first-order valence-electron chi connectivity index (χ1n) is 7.00. The molecule has 0 radical (unpaired) electrons. The van der Waals surface area contributed by atoms with Crippen molar-refractivity contribution in [3.8, 4) is 0 Å². The van der Waals surface area contributed by atoms with Gasteiger partial charge in [-0.15, -0.1) is 0 Å². The van der Waals surface area contributed by atoms with Crippen LogP contribution < -0.4 is 5.73 Å². The van der Waals surface area contributed by atoms with Crippen LogP contribution in [0, 0.1) is 0 Å². The van der Waals surface area contributed by atoms with E-state index in [1.165, 1.54) is 0 Å². The first-order chi connectivity index (χ1) is 9.26. The van der Waals surface area contributed by atoms with E-state index in [2.05, 4.69) is 0 Å². The highest BCUT2D eigenvalue weighted by molar-refractivity contribution is 5.94. The van der Waals surface area contributed by atoms with Gasteiger partial charge >= 0.3 is 0 Å². The molecule has 2 aliphatic heterocycles. The minimum absolute atomic E-state index is 0.124. The zero-order chi connectivity index (χ0) is 13.2. The van der Waals surface area contributed by atoms with E-state index in [9.17, 15) is 4.79 Å². The van der Waals surface area contributed by atoms with Crippen LogP contribution in [0.2, 0.25) is 0 Å². The highest BCUT2D eigenvalue weighted by Crippen LogP contribution is 2.27. The van der Waals surface area contributed by atoms with Crippen molar-refractivity contribution in [1.82, 2.24) is 4.90 Å². The lowest BCUT2D eigenvalue weighted by Crippen LogP contribution is -2.45. The molecule has 2 bridgehead atoms. The maximum absolute atomic E-state index is 12.5. The Morgan fingerprint density at radius 2 is 2.05 bits per heavy atom.